The molecule has 0 spiro atoms. The van der Waals surface area contributed by atoms with E-state index >= 15 is 0 Å². The molecule has 4 heteroatoms. The van der Waals surface area contributed by atoms with E-state index in [1.165, 1.54) is 6.42 Å². The van der Waals surface area contributed by atoms with E-state index in [9.17, 15) is 4.79 Å². The third-order valence-corrected chi connectivity index (χ3v) is 3.45. The second kappa shape index (κ2) is 4.73. The molecule has 1 aliphatic rings. The van der Waals surface area contributed by atoms with Gasteiger partial charge in [0, 0.05) is 13.0 Å². The molecule has 1 aliphatic carbocycles. The van der Waals surface area contributed by atoms with Crippen LogP contribution in [0.5, 0.6) is 0 Å². The summed E-state index contributed by atoms with van der Waals surface area (Å²) in [5.74, 6) is 3.11. The van der Waals surface area contributed by atoms with E-state index in [1.807, 2.05) is 12.1 Å². The average molecular weight is 256 g/mol. The van der Waals surface area contributed by atoms with Gasteiger partial charge in [0.05, 0.1) is 6.54 Å². The largest absolute Gasteiger partial charge is 0.464 e. The number of hydrogen-bond acceptors (Lipinski definition) is 2. The van der Waals surface area contributed by atoms with Crippen molar-refractivity contribution >= 4 is 17.5 Å². The highest BCUT2D eigenvalue weighted by molar-refractivity contribution is 6.30. The highest BCUT2D eigenvalue weighted by Gasteiger charge is 2.36. The van der Waals surface area contributed by atoms with E-state index in [4.69, 9.17) is 16.0 Å². The normalized spacial score (nSPS) is 24.5. The van der Waals surface area contributed by atoms with Crippen molar-refractivity contribution in [3.8, 4) is 0 Å². The van der Waals surface area contributed by atoms with Crippen LogP contribution in [0, 0.1) is 5.92 Å². The van der Waals surface area contributed by atoms with Crippen LogP contribution in [0.15, 0.2) is 16.5 Å². The van der Waals surface area contributed by atoms with Crippen LogP contribution < -0.4 is 0 Å². The summed E-state index contributed by atoms with van der Waals surface area (Å²) < 4.78 is 5.74. The zero-order chi connectivity index (χ0) is 12.6. The van der Waals surface area contributed by atoms with Gasteiger partial charge in [0.25, 0.3) is 0 Å². The van der Waals surface area contributed by atoms with Crippen molar-refractivity contribution in [1.29, 1.82) is 0 Å². The molecule has 1 aromatic heterocycles. The summed E-state index contributed by atoms with van der Waals surface area (Å²) in [7, 11) is 1.74. The Morgan fingerprint density at radius 2 is 2.29 bits per heavy atom. The van der Waals surface area contributed by atoms with Gasteiger partial charge < -0.3 is 9.32 Å². The number of alkyl halides is 1. The van der Waals surface area contributed by atoms with Gasteiger partial charge in [-0.1, -0.05) is 6.92 Å². The quantitative estimate of drug-likeness (QED) is 0.775. The molecule has 0 saturated heterocycles. The third kappa shape index (κ3) is 2.83. The summed E-state index contributed by atoms with van der Waals surface area (Å²) in [5, 5.41) is -0.488. The molecule has 3 nitrogen and oxygen atoms in total. The fraction of sp³-hybridized carbons (Fsp3) is 0.615. The molecule has 17 heavy (non-hydrogen) atoms. The number of nitrogens with zero attached hydrogens (tertiary/aromatic N) is 1. The summed E-state index contributed by atoms with van der Waals surface area (Å²) in [6, 6.07) is 3.97. The molecule has 0 aliphatic heterocycles. The van der Waals surface area contributed by atoms with Gasteiger partial charge in [-0.15, -0.1) is 11.6 Å². The molecule has 0 aromatic carbocycles. The Hall–Kier alpha value is -0.960. The zero-order valence-corrected chi connectivity index (χ0v) is 11.2. The first-order valence-corrected chi connectivity index (χ1v) is 6.40. The number of hydrogen-bond donors (Lipinski definition) is 0. The maximum absolute atomic E-state index is 11.6. The van der Waals surface area contributed by atoms with Crippen LogP contribution in [-0.4, -0.2) is 23.2 Å². The van der Waals surface area contributed by atoms with Gasteiger partial charge in [-0.2, -0.15) is 0 Å². The minimum Gasteiger partial charge on any atom is -0.464 e. The van der Waals surface area contributed by atoms with Gasteiger partial charge in [0.2, 0.25) is 5.91 Å². The number of furan rings is 1. The molecule has 0 N–H and O–H groups in total. The zero-order valence-electron chi connectivity index (χ0n) is 10.4. The number of carbonyl (C=O) groups is 1. The fourth-order valence-corrected chi connectivity index (χ4v) is 2.18. The van der Waals surface area contributed by atoms with Crippen molar-refractivity contribution in [2.75, 3.05) is 7.05 Å². The minimum absolute atomic E-state index is 0.0793. The van der Waals surface area contributed by atoms with E-state index in [2.05, 4.69) is 6.92 Å². The number of halogens is 1. The van der Waals surface area contributed by atoms with Crippen LogP contribution in [0.3, 0.4) is 0 Å². The maximum Gasteiger partial charge on any atom is 0.240 e. The van der Waals surface area contributed by atoms with Gasteiger partial charge in [-0.25, -0.2) is 0 Å². The lowest BCUT2D eigenvalue weighted by Gasteiger charge is -2.16. The number of amides is 1. The molecule has 94 valence electrons. The highest BCUT2D eigenvalue weighted by Crippen LogP contribution is 2.47. The lowest BCUT2D eigenvalue weighted by molar-refractivity contribution is -0.129. The molecule has 1 fully saturated rings. The number of carbonyl (C=O) groups excluding carboxylic acids is 1. The molecule has 0 radical (unpaired) electrons. The first-order valence-electron chi connectivity index (χ1n) is 5.96. The summed E-state index contributed by atoms with van der Waals surface area (Å²) >= 11 is 5.75. The van der Waals surface area contributed by atoms with Crippen LogP contribution in [0.2, 0.25) is 0 Å². The Morgan fingerprint density at radius 3 is 2.82 bits per heavy atom. The molecule has 1 aromatic rings. The van der Waals surface area contributed by atoms with Crippen molar-refractivity contribution in [3.63, 3.8) is 0 Å². The van der Waals surface area contributed by atoms with E-state index in [0.717, 1.165) is 17.4 Å². The van der Waals surface area contributed by atoms with Crippen LogP contribution in [0.1, 0.15) is 37.7 Å². The van der Waals surface area contributed by atoms with Crippen molar-refractivity contribution in [1.82, 2.24) is 4.90 Å². The Labute approximate surface area is 107 Å². The van der Waals surface area contributed by atoms with Crippen LogP contribution in [0.4, 0.5) is 0 Å². The summed E-state index contributed by atoms with van der Waals surface area (Å²) in [6.45, 7) is 4.38. The van der Waals surface area contributed by atoms with Crippen LogP contribution in [-0.2, 0) is 11.3 Å². The molecule has 2 rings (SSSR count). The van der Waals surface area contributed by atoms with E-state index in [0.29, 0.717) is 12.5 Å². The predicted molar refractivity (Wildman–Crippen MR) is 67.0 cm³/mol. The smallest absolute Gasteiger partial charge is 0.240 e. The van der Waals surface area contributed by atoms with Crippen molar-refractivity contribution in [2.24, 2.45) is 5.92 Å². The molecule has 0 bridgehead atoms. The fourth-order valence-electron chi connectivity index (χ4n) is 2.01. The lowest BCUT2D eigenvalue weighted by Crippen LogP contribution is -2.31. The van der Waals surface area contributed by atoms with Gasteiger partial charge in [0.15, 0.2) is 0 Å². The second-order valence-corrected chi connectivity index (χ2v) is 5.59. The Balaban J connectivity index is 1.95. The maximum atomic E-state index is 11.6. The van der Waals surface area contributed by atoms with E-state index in [1.54, 1.807) is 18.9 Å². The molecule has 3 atom stereocenters. The summed E-state index contributed by atoms with van der Waals surface area (Å²) in [6.07, 6.45) is 1.21. The first kappa shape index (κ1) is 12.5. The Bertz CT molecular complexity index is 413. The Morgan fingerprint density at radius 1 is 1.65 bits per heavy atom. The molecular formula is C13H18ClNO2. The lowest BCUT2D eigenvalue weighted by atomic mass is 10.3. The average Bonchev–Trinajstić information content (AvgIpc) is 2.82. The molecular weight excluding hydrogens is 238 g/mol. The van der Waals surface area contributed by atoms with Crippen LogP contribution in [0.25, 0.3) is 0 Å². The highest BCUT2D eigenvalue weighted by atomic mass is 35.5. The minimum atomic E-state index is -0.488. The van der Waals surface area contributed by atoms with Crippen molar-refractivity contribution in [3.05, 3.63) is 23.7 Å². The van der Waals surface area contributed by atoms with E-state index < -0.39 is 5.38 Å². The molecule has 1 saturated carbocycles. The Kier molecular flexibility index (Phi) is 3.48. The van der Waals surface area contributed by atoms with Crippen molar-refractivity contribution in [2.45, 2.75) is 38.1 Å². The summed E-state index contributed by atoms with van der Waals surface area (Å²) in [4.78, 5) is 13.2. The number of rotatable bonds is 4. The van der Waals surface area contributed by atoms with Gasteiger partial charge in [-0.05, 0) is 31.4 Å². The van der Waals surface area contributed by atoms with Gasteiger partial charge in [-0.3, -0.25) is 4.79 Å². The van der Waals surface area contributed by atoms with Crippen molar-refractivity contribution < 1.29 is 9.21 Å². The summed E-state index contributed by atoms with van der Waals surface area (Å²) in [5.41, 5.74) is 0. The van der Waals surface area contributed by atoms with Crippen LogP contribution >= 0.6 is 11.6 Å². The van der Waals surface area contributed by atoms with Gasteiger partial charge >= 0.3 is 0 Å². The third-order valence-electron chi connectivity index (χ3n) is 3.27. The molecule has 3 unspecified atom stereocenters. The first-order chi connectivity index (χ1) is 7.99. The predicted octanol–water partition coefficient (Wildman–Crippen LogP) is 2.99. The molecule has 1 heterocycles. The standard InChI is InChI=1S/C13H18ClNO2/c1-8-6-11(8)12-5-4-10(17-12)7-15(3)13(16)9(2)14/h4-5,8-9,11H,6-7H2,1-3H3. The van der Waals surface area contributed by atoms with E-state index in [-0.39, 0.29) is 5.91 Å². The molecule has 1 amide bonds. The monoisotopic (exact) mass is 255 g/mol. The van der Waals surface area contributed by atoms with Gasteiger partial charge in [0.1, 0.15) is 16.9 Å². The second-order valence-electron chi connectivity index (χ2n) is 4.93. The SMILES string of the molecule is CC(Cl)C(=O)N(C)Cc1ccc(C2CC2C)o1. The topological polar surface area (TPSA) is 33.5 Å².